The summed E-state index contributed by atoms with van der Waals surface area (Å²) in [7, 11) is 5.20. The second-order valence-corrected chi connectivity index (χ2v) is 10.2. The van der Waals surface area contributed by atoms with Crippen molar-refractivity contribution in [2.75, 3.05) is 33.1 Å². The number of carbonyl (C=O) groups excluding carboxylic acids is 1. The summed E-state index contributed by atoms with van der Waals surface area (Å²) >= 11 is 0. The van der Waals surface area contributed by atoms with Crippen molar-refractivity contribution >= 4 is 17.7 Å². The number of carbonyl (C=O) groups is 2. The third kappa shape index (κ3) is 7.58. The normalized spacial score (nSPS) is 22.1. The fraction of sp³-hybridized carbons (Fsp3) is 0.481. The number of likely N-dealkylation sites (tertiary alicyclic amines) is 1. The molecular weight excluding hydrogens is 598 g/mol. The molecule has 2 aromatic carbocycles. The van der Waals surface area contributed by atoms with E-state index >= 15 is 0 Å². The number of methoxy groups -OCH3 is 2. The molecule has 1 aliphatic carbocycles. The van der Waals surface area contributed by atoms with Crippen LogP contribution in [0.1, 0.15) is 36.8 Å². The van der Waals surface area contributed by atoms with Gasteiger partial charge in [0, 0.05) is 23.2 Å². The average molecular weight is 628 g/mol. The topological polar surface area (TPSA) is 100 Å². The summed E-state index contributed by atoms with van der Waals surface area (Å²) < 4.78 is 109. The van der Waals surface area contributed by atoms with Crippen LogP contribution < -0.4 is 20.1 Å². The lowest BCUT2D eigenvalue weighted by Crippen LogP contribution is -2.52. The number of nitrogens with zero attached hydrogens (tertiary/aromatic N) is 1. The van der Waals surface area contributed by atoms with Gasteiger partial charge in [0.15, 0.2) is 11.5 Å². The molecule has 2 aliphatic rings. The number of fused-ring (bicyclic) bond motifs is 1. The van der Waals surface area contributed by atoms with Gasteiger partial charge in [-0.05, 0) is 69.1 Å². The molecule has 2 amide bonds. The van der Waals surface area contributed by atoms with Gasteiger partial charge in [0.25, 0.3) is 0 Å². The molecule has 0 radical (unpaired) electrons. The lowest BCUT2D eigenvalue weighted by atomic mass is 9.65. The van der Waals surface area contributed by atoms with Gasteiger partial charge in [0.05, 0.1) is 14.2 Å². The third-order valence-electron chi connectivity index (χ3n) is 7.65. The van der Waals surface area contributed by atoms with Crippen LogP contribution in [0.2, 0.25) is 0 Å². The highest BCUT2D eigenvalue weighted by Gasteiger charge is 2.50. The number of ether oxygens (including phenoxy) is 2. The molecule has 1 saturated heterocycles. The first-order chi connectivity index (χ1) is 19.9. The van der Waals surface area contributed by atoms with E-state index in [9.17, 15) is 39.9 Å². The Bertz CT molecular complexity index is 1310. The molecule has 3 atom stereocenters. The zero-order valence-electron chi connectivity index (χ0n) is 23.1. The van der Waals surface area contributed by atoms with E-state index in [2.05, 4.69) is 15.5 Å². The minimum Gasteiger partial charge on any atom is -0.493 e. The smallest absolute Gasteiger partial charge is 0.490 e. The van der Waals surface area contributed by atoms with Gasteiger partial charge < -0.3 is 30.1 Å². The van der Waals surface area contributed by atoms with Crippen LogP contribution in [-0.2, 0) is 16.4 Å². The molecule has 1 heterocycles. The summed E-state index contributed by atoms with van der Waals surface area (Å²) in [5.41, 5.74) is -1.39. The van der Waals surface area contributed by atoms with Crippen molar-refractivity contribution in [2.24, 2.45) is 0 Å². The number of hydrogen-bond donors (Lipinski definition) is 3. The van der Waals surface area contributed by atoms with Gasteiger partial charge in [0.2, 0.25) is 0 Å². The first-order valence-electron chi connectivity index (χ1n) is 12.8. The number of likely N-dealkylation sites (N-methyl/N-ethyl adjacent to an activating group) is 1. The second-order valence-electron chi connectivity index (χ2n) is 10.2. The molecule has 3 N–H and O–H groups in total. The highest BCUT2D eigenvalue weighted by molar-refractivity contribution is 5.89. The lowest BCUT2D eigenvalue weighted by molar-refractivity contribution is -0.192. The molecule has 0 spiro atoms. The highest BCUT2D eigenvalue weighted by atomic mass is 19.4. The van der Waals surface area contributed by atoms with Crippen LogP contribution in [0.3, 0.4) is 0 Å². The molecule has 2 aromatic rings. The van der Waals surface area contributed by atoms with Crippen LogP contribution in [0.5, 0.6) is 11.5 Å². The minimum atomic E-state index is -5.18. The number of nitrogens with one attached hydrogen (secondary N) is 2. The molecule has 2 fully saturated rings. The van der Waals surface area contributed by atoms with E-state index in [1.165, 1.54) is 0 Å². The molecule has 238 valence electrons. The van der Waals surface area contributed by atoms with E-state index in [-0.39, 0.29) is 17.5 Å². The van der Waals surface area contributed by atoms with Crippen LogP contribution in [0, 0.1) is 11.6 Å². The van der Waals surface area contributed by atoms with Gasteiger partial charge in [-0.1, -0.05) is 6.07 Å². The number of alkyl halides is 6. The molecule has 0 aromatic heterocycles. The number of aliphatic carboxylic acids is 1. The first kappa shape index (κ1) is 33.7. The average Bonchev–Trinajstić information content (AvgIpc) is 3.23. The number of urea groups is 1. The number of anilines is 1. The number of halogens is 8. The van der Waals surface area contributed by atoms with Crippen molar-refractivity contribution < 1.29 is 59.3 Å². The molecule has 4 rings (SSSR count). The Morgan fingerprint density at radius 3 is 2.07 bits per heavy atom. The first-order valence-corrected chi connectivity index (χ1v) is 12.8. The van der Waals surface area contributed by atoms with Crippen molar-refractivity contribution in [2.45, 2.75) is 55.5 Å². The lowest BCUT2D eigenvalue weighted by Gasteiger charge is -2.45. The number of carboxylic acid groups (broad SMARTS) is 1. The van der Waals surface area contributed by atoms with Crippen molar-refractivity contribution in [3.63, 3.8) is 0 Å². The third-order valence-corrected chi connectivity index (χ3v) is 7.65. The fourth-order valence-electron chi connectivity index (χ4n) is 5.66. The van der Waals surface area contributed by atoms with E-state index in [4.69, 9.17) is 19.4 Å². The predicted molar refractivity (Wildman–Crippen MR) is 137 cm³/mol. The summed E-state index contributed by atoms with van der Waals surface area (Å²) in [5.74, 6) is -5.05. The van der Waals surface area contributed by atoms with E-state index in [1.54, 1.807) is 14.2 Å². The number of carboxylic acids is 1. The van der Waals surface area contributed by atoms with Crippen LogP contribution in [0.15, 0.2) is 30.3 Å². The molecule has 16 heteroatoms. The van der Waals surface area contributed by atoms with E-state index in [0.29, 0.717) is 36.5 Å². The Labute approximate surface area is 240 Å². The summed E-state index contributed by atoms with van der Waals surface area (Å²) in [6.45, 7) is 0.877. The largest absolute Gasteiger partial charge is 0.493 e. The molecule has 1 saturated carbocycles. The maximum absolute atomic E-state index is 13.9. The zero-order valence-corrected chi connectivity index (χ0v) is 23.1. The summed E-state index contributed by atoms with van der Waals surface area (Å²) in [5, 5.41) is 12.2. The SMILES string of the molecule is COc1ccc([C@@]23CC[C@@H](NC(=O)Nc4cc(F)c(C(F)(F)F)c(F)c4)C[C@@H]2N(C)CC3)cc1OC.O=C(O)C(F)(F)F. The minimum absolute atomic E-state index is 0.121. The maximum atomic E-state index is 13.9. The Morgan fingerprint density at radius 1 is 0.977 bits per heavy atom. The number of rotatable bonds is 5. The quantitative estimate of drug-likeness (QED) is 0.355. The second kappa shape index (κ2) is 12.8. The van der Waals surface area contributed by atoms with Gasteiger partial charge >= 0.3 is 24.4 Å². The fourth-order valence-corrected chi connectivity index (χ4v) is 5.66. The Hall–Kier alpha value is -3.82. The zero-order chi connectivity index (χ0) is 32.3. The predicted octanol–water partition coefficient (Wildman–Crippen LogP) is 5.95. The maximum Gasteiger partial charge on any atom is 0.490 e. The van der Waals surface area contributed by atoms with E-state index < -0.39 is 47.2 Å². The van der Waals surface area contributed by atoms with Crippen molar-refractivity contribution in [3.05, 3.63) is 53.1 Å². The molecule has 0 unspecified atom stereocenters. The van der Waals surface area contributed by atoms with Crippen LogP contribution in [0.25, 0.3) is 0 Å². The van der Waals surface area contributed by atoms with Gasteiger partial charge in [-0.15, -0.1) is 0 Å². The summed E-state index contributed by atoms with van der Waals surface area (Å²) in [6, 6.07) is 6.00. The van der Waals surface area contributed by atoms with Crippen LogP contribution in [-0.4, -0.2) is 68.1 Å². The summed E-state index contributed by atoms with van der Waals surface area (Å²) in [4.78, 5) is 23.7. The Balaban J connectivity index is 0.000000646. The van der Waals surface area contributed by atoms with Gasteiger partial charge in [-0.3, -0.25) is 0 Å². The van der Waals surface area contributed by atoms with Crippen molar-refractivity contribution in [3.8, 4) is 11.5 Å². The molecule has 43 heavy (non-hydrogen) atoms. The van der Waals surface area contributed by atoms with Crippen LogP contribution in [0.4, 0.5) is 45.6 Å². The van der Waals surface area contributed by atoms with Gasteiger partial charge in [-0.2, -0.15) is 26.3 Å². The van der Waals surface area contributed by atoms with Crippen molar-refractivity contribution in [1.82, 2.24) is 10.2 Å². The number of benzene rings is 2. The molecule has 8 nitrogen and oxygen atoms in total. The van der Waals surface area contributed by atoms with Crippen LogP contribution >= 0.6 is 0 Å². The Kier molecular flexibility index (Phi) is 10.0. The summed E-state index contributed by atoms with van der Waals surface area (Å²) in [6.07, 6.45) is -7.25. The number of amides is 2. The molecular formula is C27H29F8N3O5. The van der Waals surface area contributed by atoms with E-state index in [0.717, 1.165) is 24.9 Å². The standard InChI is InChI=1S/C25H28F5N3O3.C2HF3O2/c1-33-9-8-24(14-4-5-19(35-2)20(10-14)36-3)7-6-15(13-21(24)33)31-23(34)32-16-11-17(26)22(18(27)12-16)25(28,29)30;3-2(4,5)1(6)7/h4-5,10-12,15,21H,6-9,13H2,1-3H3,(H2,31,32,34);(H,6,7)/t15-,21+,24+;/m1./s1. The highest BCUT2D eigenvalue weighted by Crippen LogP contribution is 2.50. The van der Waals surface area contributed by atoms with Crippen molar-refractivity contribution in [1.29, 1.82) is 0 Å². The number of hydrogen-bond acceptors (Lipinski definition) is 5. The van der Waals surface area contributed by atoms with E-state index in [1.807, 2.05) is 25.2 Å². The Morgan fingerprint density at radius 2 is 1.56 bits per heavy atom. The molecule has 1 aliphatic heterocycles. The van der Waals surface area contributed by atoms with Gasteiger partial charge in [0.1, 0.15) is 17.2 Å². The van der Waals surface area contributed by atoms with Gasteiger partial charge in [-0.25, -0.2) is 18.4 Å². The monoisotopic (exact) mass is 627 g/mol. The molecule has 0 bridgehead atoms.